The van der Waals surface area contributed by atoms with Crippen LogP contribution < -0.4 is 14.8 Å². The Morgan fingerprint density at radius 1 is 1.03 bits per heavy atom. The molecule has 8 heteroatoms. The fourth-order valence-corrected chi connectivity index (χ4v) is 5.10. The molecular formula is C24H18I2N2O3S. The van der Waals surface area contributed by atoms with Crippen LogP contribution in [0.15, 0.2) is 76.6 Å². The van der Waals surface area contributed by atoms with Crippen LogP contribution in [0.4, 0.5) is 5.69 Å². The molecule has 1 amide bonds. The van der Waals surface area contributed by atoms with Crippen molar-refractivity contribution < 1.29 is 14.3 Å². The molecule has 1 aliphatic rings. The number of nitrogens with one attached hydrogen (secondary N) is 1. The molecule has 3 aromatic carbocycles. The number of thioether (sulfide) groups is 1. The van der Waals surface area contributed by atoms with Gasteiger partial charge in [-0.1, -0.05) is 42.5 Å². The number of nitrogens with zero attached hydrogens (tertiary/aromatic N) is 1. The Hall–Kier alpha value is -2.05. The topological polar surface area (TPSA) is 59.9 Å². The van der Waals surface area contributed by atoms with Gasteiger partial charge >= 0.3 is 0 Å². The van der Waals surface area contributed by atoms with Gasteiger partial charge in [0.15, 0.2) is 16.7 Å². The van der Waals surface area contributed by atoms with E-state index < -0.39 is 0 Å². The first kappa shape index (κ1) is 23.1. The fraction of sp³-hybridized carbons (Fsp3) is 0.0833. The molecule has 1 N–H and O–H groups in total. The summed E-state index contributed by atoms with van der Waals surface area (Å²) in [5.74, 6) is 1.14. The van der Waals surface area contributed by atoms with Gasteiger partial charge in [0.25, 0.3) is 5.91 Å². The van der Waals surface area contributed by atoms with Gasteiger partial charge in [-0.3, -0.25) is 4.79 Å². The number of halogens is 2. The van der Waals surface area contributed by atoms with Crippen molar-refractivity contribution in [1.29, 1.82) is 0 Å². The number of methoxy groups -OCH3 is 1. The maximum absolute atomic E-state index is 12.5. The standard InChI is InChI=1S/C24H18I2N2O3S/c1-30-20-12-16(11-18(26)22(20)31-14-15-7-3-2-4-8-15)13-21-23(29)28-24(32-21)27-19-10-6-5-9-17(19)25/h2-13H,14H2,1H3,(H,27,28,29)/b21-13+. The Labute approximate surface area is 218 Å². The summed E-state index contributed by atoms with van der Waals surface area (Å²) in [6.07, 6.45) is 1.84. The third-order valence-electron chi connectivity index (χ3n) is 4.50. The molecule has 1 aliphatic heterocycles. The maximum atomic E-state index is 12.5. The van der Waals surface area contributed by atoms with E-state index in [2.05, 4.69) is 55.5 Å². The molecule has 162 valence electrons. The van der Waals surface area contributed by atoms with Gasteiger partial charge in [-0.2, -0.15) is 0 Å². The van der Waals surface area contributed by atoms with E-state index in [1.54, 1.807) is 7.11 Å². The number of para-hydroxylation sites is 1. The minimum Gasteiger partial charge on any atom is -0.493 e. The molecule has 0 saturated carbocycles. The molecule has 4 rings (SSSR count). The molecule has 32 heavy (non-hydrogen) atoms. The third-order valence-corrected chi connectivity index (χ3v) is 7.12. The van der Waals surface area contributed by atoms with E-state index in [-0.39, 0.29) is 5.91 Å². The van der Waals surface area contributed by atoms with E-state index in [9.17, 15) is 4.79 Å². The van der Waals surface area contributed by atoms with Crippen molar-refractivity contribution in [2.75, 3.05) is 7.11 Å². The van der Waals surface area contributed by atoms with Crippen molar-refractivity contribution in [3.8, 4) is 11.5 Å². The summed E-state index contributed by atoms with van der Waals surface area (Å²) >= 11 is 5.78. The summed E-state index contributed by atoms with van der Waals surface area (Å²) in [7, 11) is 1.61. The molecule has 1 heterocycles. The molecule has 0 atom stereocenters. The second-order valence-corrected chi connectivity index (χ2v) is 10.1. The van der Waals surface area contributed by atoms with Crippen LogP contribution in [-0.2, 0) is 11.4 Å². The molecular weight excluding hydrogens is 650 g/mol. The van der Waals surface area contributed by atoms with Crippen molar-refractivity contribution in [1.82, 2.24) is 5.32 Å². The van der Waals surface area contributed by atoms with Gasteiger partial charge in [-0.15, -0.1) is 0 Å². The van der Waals surface area contributed by atoms with Crippen LogP contribution in [0.25, 0.3) is 6.08 Å². The first-order chi connectivity index (χ1) is 15.5. The number of aliphatic imine (C=N–C) groups is 1. The van der Waals surface area contributed by atoms with Crippen LogP contribution >= 0.6 is 56.9 Å². The Morgan fingerprint density at radius 3 is 2.53 bits per heavy atom. The zero-order chi connectivity index (χ0) is 22.5. The molecule has 1 saturated heterocycles. The summed E-state index contributed by atoms with van der Waals surface area (Å²) in [5.41, 5.74) is 2.76. The molecule has 0 unspecified atom stereocenters. The van der Waals surface area contributed by atoms with Crippen LogP contribution in [0.3, 0.4) is 0 Å². The number of amides is 1. The van der Waals surface area contributed by atoms with Crippen molar-refractivity contribution in [2.24, 2.45) is 4.99 Å². The number of ether oxygens (including phenoxy) is 2. The highest BCUT2D eigenvalue weighted by Gasteiger charge is 2.24. The van der Waals surface area contributed by atoms with Crippen molar-refractivity contribution in [2.45, 2.75) is 6.61 Å². The number of rotatable bonds is 6. The third kappa shape index (κ3) is 5.65. The van der Waals surface area contributed by atoms with E-state index in [4.69, 9.17) is 9.47 Å². The lowest BCUT2D eigenvalue weighted by Crippen LogP contribution is -2.19. The lowest BCUT2D eigenvalue weighted by Gasteiger charge is -2.14. The summed E-state index contributed by atoms with van der Waals surface area (Å²) in [4.78, 5) is 17.6. The van der Waals surface area contributed by atoms with Gasteiger partial charge in [0, 0.05) is 3.57 Å². The lowest BCUT2D eigenvalue weighted by molar-refractivity contribution is -0.115. The summed E-state index contributed by atoms with van der Waals surface area (Å²) in [6.45, 7) is 0.448. The van der Waals surface area contributed by atoms with Gasteiger partial charge < -0.3 is 14.8 Å². The highest BCUT2D eigenvalue weighted by Crippen LogP contribution is 2.36. The molecule has 3 aromatic rings. The van der Waals surface area contributed by atoms with Crippen molar-refractivity contribution >= 4 is 79.8 Å². The average Bonchev–Trinajstić information content (AvgIpc) is 3.13. The number of carbonyl (C=O) groups excluding carboxylic acids is 1. The number of carbonyl (C=O) groups is 1. The van der Waals surface area contributed by atoms with E-state index in [1.165, 1.54) is 11.8 Å². The van der Waals surface area contributed by atoms with Gasteiger partial charge in [0.2, 0.25) is 0 Å². The average molecular weight is 668 g/mol. The van der Waals surface area contributed by atoms with Gasteiger partial charge in [-0.05, 0) is 98.4 Å². The Bertz CT molecular complexity index is 1210. The van der Waals surface area contributed by atoms with Gasteiger partial charge in [0.05, 0.1) is 21.3 Å². The summed E-state index contributed by atoms with van der Waals surface area (Å²) < 4.78 is 13.5. The predicted octanol–water partition coefficient (Wildman–Crippen LogP) is 6.38. The molecule has 0 radical (unpaired) electrons. The Morgan fingerprint density at radius 2 is 1.78 bits per heavy atom. The number of amidine groups is 1. The van der Waals surface area contributed by atoms with E-state index in [1.807, 2.05) is 72.8 Å². The zero-order valence-electron chi connectivity index (χ0n) is 17.0. The molecule has 0 spiro atoms. The van der Waals surface area contributed by atoms with E-state index in [0.29, 0.717) is 28.2 Å². The van der Waals surface area contributed by atoms with Crippen molar-refractivity contribution in [3.63, 3.8) is 0 Å². The minimum absolute atomic E-state index is 0.168. The smallest absolute Gasteiger partial charge is 0.264 e. The largest absolute Gasteiger partial charge is 0.493 e. The quantitative estimate of drug-likeness (QED) is 0.245. The van der Waals surface area contributed by atoms with Gasteiger partial charge in [0.1, 0.15) is 6.61 Å². The zero-order valence-corrected chi connectivity index (χ0v) is 22.1. The predicted molar refractivity (Wildman–Crippen MR) is 146 cm³/mol. The molecule has 1 fully saturated rings. The first-order valence-electron chi connectivity index (χ1n) is 9.62. The molecule has 0 aromatic heterocycles. The van der Waals surface area contributed by atoms with E-state index >= 15 is 0 Å². The Kier molecular flexibility index (Phi) is 7.74. The second-order valence-electron chi connectivity index (χ2n) is 6.74. The van der Waals surface area contributed by atoms with E-state index in [0.717, 1.165) is 24.0 Å². The summed E-state index contributed by atoms with van der Waals surface area (Å²) in [5, 5.41) is 3.40. The highest BCUT2D eigenvalue weighted by molar-refractivity contribution is 14.1. The van der Waals surface area contributed by atoms with Crippen molar-refractivity contribution in [3.05, 3.63) is 89.9 Å². The SMILES string of the molecule is COc1cc(/C=C2/SC(=Nc3ccccc3I)NC2=O)cc(I)c1OCc1ccccc1. The summed E-state index contributed by atoms with van der Waals surface area (Å²) in [6, 6.07) is 21.6. The molecule has 0 aliphatic carbocycles. The normalized spacial score (nSPS) is 15.8. The number of hydrogen-bond donors (Lipinski definition) is 1. The van der Waals surface area contributed by atoms with Crippen LogP contribution in [0, 0.1) is 7.14 Å². The van der Waals surface area contributed by atoms with Crippen LogP contribution in [0.2, 0.25) is 0 Å². The lowest BCUT2D eigenvalue weighted by atomic mass is 10.2. The molecule has 0 bridgehead atoms. The highest BCUT2D eigenvalue weighted by atomic mass is 127. The number of benzene rings is 3. The van der Waals surface area contributed by atoms with Crippen LogP contribution in [0.1, 0.15) is 11.1 Å². The van der Waals surface area contributed by atoms with Crippen LogP contribution in [0.5, 0.6) is 11.5 Å². The fourth-order valence-electron chi connectivity index (χ4n) is 2.98. The Balaban J connectivity index is 1.55. The monoisotopic (exact) mass is 668 g/mol. The van der Waals surface area contributed by atoms with Gasteiger partial charge in [-0.25, -0.2) is 4.99 Å². The first-order valence-corrected chi connectivity index (χ1v) is 12.6. The maximum Gasteiger partial charge on any atom is 0.264 e. The minimum atomic E-state index is -0.168. The molecule has 5 nitrogen and oxygen atoms in total. The number of hydrogen-bond acceptors (Lipinski definition) is 5. The second kappa shape index (κ2) is 10.7. The van der Waals surface area contributed by atoms with Crippen LogP contribution in [-0.4, -0.2) is 18.2 Å².